The van der Waals surface area contributed by atoms with Gasteiger partial charge < -0.3 is 14.7 Å². The lowest BCUT2D eigenvalue weighted by Crippen LogP contribution is -2.12. The molecule has 2 rings (SSSR count). The van der Waals surface area contributed by atoms with Crippen molar-refractivity contribution in [1.29, 1.82) is 0 Å². The van der Waals surface area contributed by atoms with Gasteiger partial charge in [0.15, 0.2) is 0 Å². The van der Waals surface area contributed by atoms with Crippen LogP contribution in [0.1, 0.15) is 5.56 Å². The van der Waals surface area contributed by atoms with E-state index in [1.54, 1.807) is 13.2 Å². The smallest absolute Gasteiger partial charge is 0.142 e. The number of aliphatic hydroxyl groups excluding tert-OH is 1. The molecule has 0 saturated heterocycles. The maximum atomic E-state index is 9.45. The van der Waals surface area contributed by atoms with Crippen LogP contribution in [0.2, 0.25) is 5.02 Å². The largest absolute Gasteiger partial charge is 0.495 e. The highest BCUT2D eigenvalue weighted by Crippen LogP contribution is 2.34. The van der Waals surface area contributed by atoms with Crippen molar-refractivity contribution in [2.45, 2.75) is 6.61 Å². The molecule has 0 heterocycles. The van der Waals surface area contributed by atoms with Gasteiger partial charge in [-0.15, -0.1) is 0 Å². The van der Waals surface area contributed by atoms with E-state index in [0.29, 0.717) is 5.02 Å². The molecule has 0 atom stereocenters. The van der Waals surface area contributed by atoms with E-state index in [-0.39, 0.29) is 6.61 Å². The van der Waals surface area contributed by atoms with E-state index in [1.807, 2.05) is 48.3 Å². The number of halogens is 1. The second kappa shape index (κ2) is 5.95. The minimum Gasteiger partial charge on any atom is -0.495 e. The zero-order valence-electron chi connectivity index (χ0n) is 10.9. The first-order chi connectivity index (χ1) is 9.17. The summed E-state index contributed by atoms with van der Waals surface area (Å²) in [4.78, 5) is 1.97. The summed E-state index contributed by atoms with van der Waals surface area (Å²) in [5, 5.41) is 10.1. The van der Waals surface area contributed by atoms with Gasteiger partial charge in [0.25, 0.3) is 0 Å². The molecule has 0 aliphatic carbocycles. The topological polar surface area (TPSA) is 32.7 Å². The monoisotopic (exact) mass is 277 g/mol. The summed E-state index contributed by atoms with van der Waals surface area (Å²) in [5.41, 5.74) is 2.61. The number of benzene rings is 2. The predicted octanol–water partition coefficient (Wildman–Crippen LogP) is 3.61. The van der Waals surface area contributed by atoms with Crippen molar-refractivity contribution in [2.75, 3.05) is 19.1 Å². The first-order valence-corrected chi connectivity index (χ1v) is 6.31. The lowest BCUT2D eigenvalue weighted by molar-refractivity contribution is 0.282. The van der Waals surface area contributed by atoms with E-state index in [0.717, 1.165) is 22.7 Å². The molecule has 19 heavy (non-hydrogen) atoms. The summed E-state index contributed by atoms with van der Waals surface area (Å²) >= 11 is 5.95. The highest BCUT2D eigenvalue weighted by molar-refractivity contribution is 6.30. The van der Waals surface area contributed by atoms with E-state index in [2.05, 4.69) is 0 Å². The molecule has 0 bridgehead atoms. The highest BCUT2D eigenvalue weighted by atomic mass is 35.5. The van der Waals surface area contributed by atoms with Crippen molar-refractivity contribution in [3.05, 3.63) is 53.1 Å². The van der Waals surface area contributed by atoms with Crippen LogP contribution in [0.3, 0.4) is 0 Å². The van der Waals surface area contributed by atoms with Crippen molar-refractivity contribution in [3.63, 3.8) is 0 Å². The number of aliphatic hydroxyl groups is 1. The Hall–Kier alpha value is -1.71. The van der Waals surface area contributed by atoms with Crippen LogP contribution >= 0.6 is 11.6 Å². The third-order valence-corrected chi connectivity index (χ3v) is 3.25. The van der Waals surface area contributed by atoms with Crippen LogP contribution in [0.15, 0.2) is 42.5 Å². The van der Waals surface area contributed by atoms with Gasteiger partial charge in [-0.05, 0) is 30.3 Å². The normalized spacial score (nSPS) is 10.3. The molecular formula is C15H16ClNO2. The standard InChI is InChI=1S/C15H16ClNO2/c1-17(14-5-3-4-6-15(14)19-2)13-8-7-12(16)9-11(13)10-18/h3-9,18H,10H2,1-2H3. The van der Waals surface area contributed by atoms with Crippen LogP contribution < -0.4 is 9.64 Å². The fourth-order valence-electron chi connectivity index (χ4n) is 2.04. The maximum absolute atomic E-state index is 9.45. The minimum atomic E-state index is -0.0601. The van der Waals surface area contributed by atoms with E-state index in [4.69, 9.17) is 16.3 Å². The first-order valence-electron chi connectivity index (χ1n) is 5.93. The predicted molar refractivity (Wildman–Crippen MR) is 78.4 cm³/mol. The Labute approximate surface area is 118 Å². The quantitative estimate of drug-likeness (QED) is 0.927. The van der Waals surface area contributed by atoms with E-state index in [9.17, 15) is 5.11 Å². The SMILES string of the molecule is COc1ccccc1N(C)c1ccc(Cl)cc1CO. The number of nitrogens with zero attached hydrogens (tertiary/aromatic N) is 1. The van der Waals surface area contributed by atoms with Gasteiger partial charge in [0.1, 0.15) is 5.75 Å². The lowest BCUT2D eigenvalue weighted by Gasteiger charge is -2.24. The number of hydrogen-bond donors (Lipinski definition) is 1. The fourth-order valence-corrected chi connectivity index (χ4v) is 2.24. The van der Waals surface area contributed by atoms with Gasteiger partial charge in [-0.1, -0.05) is 23.7 Å². The molecule has 0 unspecified atom stereocenters. The molecule has 2 aromatic carbocycles. The molecule has 1 N–H and O–H groups in total. The molecule has 3 nitrogen and oxygen atoms in total. The Morgan fingerprint density at radius 1 is 1.16 bits per heavy atom. The van der Waals surface area contributed by atoms with Crippen LogP contribution in [0.5, 0.6) is 5.75 Å². The zero-order chi connectivity index (χ0) is 13.8. The average molecular weight is 278 g/mol. The van der Waals surface area contributed by atoms with Crippen LogP contribution in [0, 0.1) is 0 Å². The van der Waals surface area contributed by atoms with Gasteiger partial charge >= 0.3 is 0 Å². The molecule has 0 aromatic heterocycles. The van der Waals surface area contributed by atoms with E-state index in [1.165, 1.54) is 0 Å². The van der Waals surface area contributed by atoms with Gasteiger partial charge in [-0.2, -0.15) is 0 Å². The van der Waals surface area contributed by atoms with E-state index < -0.39 is 0 Å². The molecule has 0 fully saturated rings. The van der Waals surface area contributed by atoms with Gasteiger partial charge in [-0.25, -0.2) is 0 Å². The molecule has 0 aliphatic heterocycles. The summed E-state index contributed by atoms with van der Waals surface area (Å²) in [7, 11) is 3.57. The van der Waals surface area contributed by atoms with Gasteiger partial charge in [0, 0.05) is 23.3 Å². The Bertz CT molecular complexity index is 572. The molecule has 0 radical (unpaired) electrons. The Morgan fingerprint density at radius 3 is 2.58 bits per heavy atom. The third kappa shape index (κ3) is 2.83. The Morgan fingerprint density at radius 2 is 1.89 bits per heavy atom. The molecular weight excluding hydrogens is 262 g/mol. The molecule has 0 amide bonds. The van der Waals surface area contributed by atoms with Gasteiger partial charge in [0.2, 0.25) is 0 Å². The van der Waals surface area contributed by atoms with Crippen molar-refractivity contribution < 1.29 is 9.84 Å². The van der Waals surface area contributed by atoms with E-state index >= 15 is 0 Å². The number of anilines is 2. The molecule has 0 aliphatic rings. The first kappa shape index (κ1) is 13.7. The maximum Gasteiger partial charge on any atom is 0.142 e. The number of ether oxygens (including phenoxy) is 1. The van der Waals surface area contributed by atoms with Crippen molar-refractivity contribution in [1.82, 2.24) is 0 Å². The zero-order valence-corrected chi connectivity index (χ0v) is 11.7. The summed E-state index contributed by atoms with van der Waals surface area (Å²) in [6.45, 7) is -0.0601. The molecule has 0 saturated carbocycles. The van der Waals surface area contributed by atoms with Crippen LogP contribution in [0.25, 0.3) is 0 Å². The molecule has 0 spiro atoms. The Kier molecular flexibility index (Phi) is 4.30. The average Bonchev–Trinajstić information content (AvgIpc) is 2.46. The summed E-state index contributed by atoms with van der Waals surface area (Å²) in [5.74, 6) is 0.781. The second-order valence-electron chi connectivity index (χ2n) is 4.16. The number of rotatable bonds is 4. The molecule has 4 heteroatoms. The number of hydrogen-bond acceptors (Lipinski definition) is 3. The summed E-state index contributed by atoms with van der Waals surface area (Å²) in [6.07, 6.45) is 0. The highest BCUT2D eigenvalue weighted by Gasteiger charge is 2.12. The van der Waals surface area contributed by atoms with Gasteiger partial charge in [0.05, 0.1) is 19.4 Å². The van der Waals surface area contributed by atoms with Gasteiger partial charge in [-0.3, -0.25) is 0 Å². The van der Waals surface area contributed by atoms with Crippen LogP contribution in [-0.4, -0.2) is 19.3 Å². The van der Waals surface area contributed by atoms with Crippen molar-refractivity contribution in [3.8, 4) is 5.75 Å². The number of para-hydroxylation sites is 2. The van der Waals surface area contributed by atoms with Crippen LogP contribution in [0.4, 0.5) is 11.4 Å². The minimum absolute atomic E-state index is 0.0601. The fraction of sp³-hybridized carbons (Fsp3) is 0.200. The second-order valence-corrected chi connectivity index (χ2v) is 4.60. The Balaban J connectivity index is 2.46. The third-order valence-electron chi connectivity index (χ3n) is 3.02. The molecule has 100 valence electrons. The van der Waals surface area contributed by atoms with Crippen LogP contribution in [-0.2, 0) is 6.61 Å². The lowest BCUT2D eigenvalue weighted by atomic mass is 10.1. The number of methoxy groups -OCH3 is 1. The summed E-state index contributed by atoms with van der Waals surface area (Å²) in [6, 6.07) is 13.2. The summed E-state index contributed by atoms with van der Waals surface area (Å²) < 4.78 is 5.35. The van der Waals surface area contributed by atoms with Crippen molar-refractivity contribution in [2.24, 2.45) is 0 Å². The van der Waals surface area contributed by atoms with Crippen molar-refractivity contribution >= 4 is 23.0 Å². The molecule has 2 aromatic rings.